The number of hydrogen-bond acceptors (Lipinski definition) is 8. The Bertz CT molecular complexity index is 1170. The molecule has 0 atom stereocenters. The van der Waals surface area contributed by atoms with Crippen LogP contribution in [0.3, 0.4) is 0 Å². The van der Waals surface area contributed by atoms with Crippen LogP contribution in [0.2, 0.25) is 5.02 Å². The number of anilines is 2. The van der Waals surface area contributed by atoms with Gasteiger partial charge in [-0.05, 0) is 49.8 Å². The van der Waals surface area contributed by atoms with E-state index in [1.807, 2.05) is 48.7 Å². The maximum atomic E-state index is 12.4. The lowest BCUT2D eigenvalue weighted by Crippen LogP contribution is -2.12. The number of benzene rings is 1. The summed E-state index contributed by atoms with van der Waals surface area (Å²) in [6.07, 6.45) is 1.47. The van der Waals surface area contributed by atoms with Crippen molar-refractivity contribution in [3.05, 3.63) is 63.7 Å². The zero-order chi connectivity index (χ0) is 21.8. The molecule has 2 aromatic heterocycles. The zero-order valence-corrected chi connectivity index (χ0v) is 17.0. The number of nitrogen functional groups attached to an aromatic ring is 2. The first-order valence-corrected chi connectivity index (χ1v) is 9.16. The topological polar surface area (TPSA) is 146 Å². The number of rotatable bonds is 5. The van der Waals surface area contributed by atoms with E-state index in [0.717, 1.165) is 17.1 Å². The fraction of sp³-hybridized carbons (Fsp3) is 0.150. The Kier molecular flexibility index (Phi) is 5.99. The Morgan fingerprint density at radius 2 is 1.93 bits per heavy atom. The third kappa shape index (κ3) is 4.56. The largest absolute Gasteiger partial charge is 0.453 e. The molecule has 152 valence electrons. The Labute approximate surface area is 177 Å². The van der Waals surface area contributed by atoms with Gasteiger partial charge in [0.1, 0.15) is 11.6 Å². The monoisotopic (exact) mass is 423 g/mol. The fourth-order valence-corrected chi connectivity index (χ4v) is 3.15. The minimum absolute atomic E-state index is 0.0851. The molecule has 0 saturated carbocycles. The van der Waals surface area contributed by atoms with Crippen molar-refractivity contribution < 1.29 is 9.53 Å². The molecule has 0 saturated heterocycles. The first-order chi connectivity index (χ1) is 14.3. The molecule has 0 aliphatic carbocycles. The van der Waals surface area contributed by atoms with E-state index in [0.29, 0.717) is 10.6 Å². The van der Waals surface area contributed by atoms with Gasteiger partial charge in [-0.25, -0.2) is 4.79 Å². The molecule has 3 aromatic rings. The van der Waals surface area contributed by atoms with Crippen molar-refractivity contribution in [3.63, 3.8) is 0 Å². The van der Waals surface area contributed by atoms with Crippen LogP contribution in [-0.2, 0) is 16.1 Å². The van der Waals surface area contributed by atoms with Gasteiger partial charge >= 0.3 is 5.97 Å². The summed E-state index contributed by atoms with van der Waals surface area (Å²) < 4.78 is 7.10. The Balaban J connectivity index is 1.84. The summed E-state index contributed by atoms with van der Waals surface area (Å²) in [5.74, 6) is -0.900. The highest BCUT2D eigenvalue weighted by atomic mass is 35.5. The third-order valence-electron chi connectivity index (χ3n) is 4.23. The van der Waals surface area contributed by atoms with Crippen LogP contribution in [-0.4, -0.2) is 25.5 Å². The molecule has 0 aliphatic rings. The summed E-state index contributed by atoms with van der Waals surface area (Å²) in [4.78, 5) is 23.7. The standard InChI is InChI=1S/C20H18ClN7O2/c1-11-6-13(12(2)28(11)16-5-3-4-15(21)8-16)7-14(9-22)18(29)30-10-17-25-19(23)27-20(24)26-17/h3-8H,10H2,1-2H3,(H4,23,24,25,26,27)/b14-7-. The first-order valence-electron chi connectivity index (χ1n) is 8.78. The summed E-state index contributed by atoms with van der Waals surface area (Å²) in [6, 6.07) is 11.1. The summed E-state index contributed by atoms with van der Waals surface area (Å²) in [6.45, 7) is 3.51. The molecule has 0 unspecified atom stereocenters. The second-order valence-corrected chi connectivity index (χ2v) is 6.79. The molecule has 0 bridgehead atoms. The zero-order valence-electron chi connectivity index (χ0n) is 16.3. The molecule has 0 fully saturated rings. The Hall–Kier alpha value is -3.90. The predicted molar refractivity (Wildman–Crippen MR) is 112 cm³/mol. The van der Waals surface area contributed by atoms with Gasteiger partial charge in [0.15, 0.2) is 12.4 Å². The smallest absolute Gasteiger partial charge is 0.349 e. The molecular weight excluding hydrogens is 406 g/mol. The van der Waals surface area contributed by atoms with Crippen molar-refractivity contribution in [1.82, 2.24) is 19.5 Å². The molecule has 0 amide bonds. The molecule has 3 rings (SSSR count). The molecule has 0 radical (unpaired) electrons. The van der Waals surface area contributed by atoms with Crippen LogP contribution in [0.15, 0.2) is 35.9 Å². The summed E-state index contributed by atoms with van der Waals surface area (Å²) in [7, 11) is 0. The fourth-order valence-electron chi connectivity index (χ4n) is 2.97. The highest BCUT2D eigenvalue weighted by Gasteiger charge is 2.16. The highest BCUT2D eigenvalue weighted by molar-refractivity contribution is 6.30. The number of esters is 1. The number of halogens is 1. The molecule has 0 aliphatic heterocycles. The quantitative estimate of drug-likeness (QED) is 0.361. The van der Waals surface area contributed by atoms with E-state index in [2.05, 4.69) is 15.0 Å². The van der Waals surface area contributed by atoms with Crippen LogP contribution < -0.4 is 11.5 Å². The molecule has 4 N–H and O–H groups in total. The van der Waals surface area contributed by atoms with Gasteiger partial charge < -0.3 is 20.8 Å². The number of nitrogens with zero attached hydrogens (tertiary/aromatic N) is 5. The van der Waals surface area contributed by atoms with Crippen molar-refractivity contribution in [2.24, 2.45) is 0 Å². The lowest BCUT2D eigenvalue weighted by atomic mass is 10.1. The number of nitriles is 1. The average molecular weight is 424 g/mol. The van der Waals surface area contributed by atoms with Gasteiger partial charge in [-0.3, -0.25) is 0 Å². The Morgan fingerprint density at radius 1 is 1.23 bits per heavy atom. The highest BCUT2D eigenvalue weighted by Crippen LogP contribution is 2.24. The van der Waals surface area contributed by atoms with E-state index in [1.54, 1.807) is 6.07 Å². The van der Waals surface area contributed by atoms with E-state index >= 15 is 0 Å². The van der Waals surface area contributed by atoms with Crippen LogP contribution in [0.25, 0.3) is 11.8 Å². The minimum atomic E-state index is -0.817. The molecule has 1 aromatic carbocycles. The van der Waals surface area contributed by atoms with Crippen molar-refractivity contribution >= 4 is 35.5 Å². The molecule has 10 heteroatoms. The van der Waals surface area contributed by atoms with Gasteiger partial charge in [-0.1, -0.05) is 17.7 Å². The first kappa shape index (κ1) is 20.8. The van der Waals surface area contributed by atoms with Gasteiger partial charge in [-0.15, -0.1) is 0 Å². The van der Waals surface area contributed by atoms with E-state index in [4.69, 9.17) is 27.8 Å². The number of hydrogen-bond donors (Lipinski definition) is 2. The van der Waals surface area contributed by atoms with Gasteiger partial charge in [0.25, 0.3) is 0 Å². The van der Waals surface area contributed by atoms with E-state index < -0.39 is 5.97 Å². The van der Waals surface area contributed by atoms with Gasteiger partial charge in [0.2, 0.25) is 11.9 Å². The minimum Gasteiger partial charge on any atom is -0.453 e. The SMILES string of the molecule is Cc1cc(/C=C(/C#N)C(=O)OCc2nc(N)nc(N)n2)c(C)n1-c1cccc(Cl)c1. The molecular formula is C20H18ClN7O2. The predicted octanol–water partition coefficient (Wildman–Crippen LogP) is 2.75. The number of carbonyl (C=O) groups is 1. The summed E-state index contributed by atoms with van der Waals surface area (Å²) >= 11 is 6.10. The maximum absolute atomic E-state index is 12.4. The normalized spacial score (nSPS) is 11.2. The van der Waals surface area contributed by atoms with Crippen molar-refractivity contribution in [2.45, 2.75) is 20.5 Å². The average Bonchev–Trinajstić information content (AvgIpc) is 2.96. The molecule has 9 nitrogen and oxygen atoms in total. The van der Waals surface area contributed by atoms with E-state index in [1.165, 1.54) is 6.08 Å². The van der Waals surface area contributed by atoms with E-state index in [9.17, 15) is 10.1 Å². The second kappa shape index (κ2) is 8.63. The van der Waals surface area contributed by atoms with Gasteiger partial charge in [0, 0.05) is 22.1 Å². The number of aryl methyl sites for hydroxylation is 1. The third-order valence-corrected chi connectivity index (χ3v) is 4.46. The maximum Gasteiger partial charge on any atom is 0.349 e. The number of carbonyl (C=O) groups excluding carboxylic acids is 1. The molecule has 30 heavy (non-hydrogen) atoms. The van der Waals surface area contributed by atoms with Crippen LogP contribution in [0.4, 0.5) is 11.9 Å². The van der Waals surface area contributed by atoms with Crippen LogP contribution >= 0.6 is 11.6 Å². The second-order valence-electron chi connectivity index (χ2n) is 6.36. The van der Waals surface area contributed by atoms with Crippen LogP contribution in [0.5, 0.6) is 0 Å². The molecule has 0 spiro atoms. The van der Waals surface area contributed by atoms with Gasteiger partial charge in [0.05, 0.1) is 0 Å². The number of nitrogens with two attached hydrogens (primary N) is 2. The van der Waals surface area contributed by atoms with Crippen molar-refractivity contribution in [2.75, 3.05) is 11.5 Å². The lowest BCUT2D eigenvalue weighted by molar-refractivity contribution is -0.139. The van der Waals surface area contributed by atoms with E-state index in [-0.39, 0.29) is 29.9 Å². The Morgan fingerprint density at radius 3 is 2.57 bits per heavy atom. The van der Waals surface area contributed by atoms with Crippen molar-refractivity contribution in [3.8, 4) is 11.8 Å². The number of ether oxygens (including phenoxy) is 1. The molecule has 2 heterocycles. The lowest BCUT2D eigenvalue weighted by Gasteiger charge is -2.10. The summed E-state index contributed by atoms with van der Waals surface area (Å²) in [5.41, 5.74) is 14.1. The van der Waals surface area contributed by atoms with Crippen LogP contribution in [0.1, 0.15) is 22.8 Å². The number of aromatic nitrogens is 4. The van der Waals surface area contributed by atoms with Crippen molar-refractivity contribution in [1.29, 1.82) is 5.26 Å². The summed E-state index contributed by atoms with van der Waals surface area (Å²) in [5, 5.41) is 10.0. The van der Waals surface area contributed by atoms with Gasteiger partial charge in [-0.2, -0.15) is 20.2 Å². The van der Waals surface area contributed by atoms with Crippen LogP contribution in [0, 0.1) is 25.2 Å².